The zero-order valence-electron chi connectivity index (χ0n) is 15.1. The Kier molecular flexibility index (Phi) is 5.24. The van der Waals surface area contributed by atoms with Crippen LogP contribution in [0.15, 0.2) is 4.79 Å². The normalized spacial score (nSPS) is 26.8. The molecule has 7 heteroatoms. The molecular weight excluding hydrogens is 320 g/mol. The van der Waals surface area contributed by atoms with Crippen molar-refractivity contribution in [1.29, 1.82) is 0 Å². The minimum Gasteiger partial charge on any atom is -0.392 e. The molecule has 3 N–H and O–H groups in total. The Balaban J connectivity index is 1.64. The van der Waals surface area contributed by atoms with Gasteiger partial charge in [0.05, 0.1) is 6.10 Å². The molecule has 0 unspecified atom stereocenters. The van der Waals surface area contributed by atoms with E-state index < -0.39 is 0 Å². The first-order valence-electron chi connectivity index (χ1n) is 9.14. The molecule has 2 aliphatic heterocycles. The molecule has 3 rings (SSSR count). The van der Waals surface area contributed by atoms with Gasteiger partial charge in [-0.2, -0.15) is 4.98 Å². The zero-order valence-corrected chi connectivity index (χ0v) is 15.1. The molecule has 1 aromatic rings. The van der Waals surface area contributed by atoms with E-state index in [9.17, 15) is 14.7 Å². The Morgan fingerprint density at radius 3 is 2.96 bits per heavy atom. The number of carbonyl (C=O) groups excluding carboxylic acids is 1. The lowest BCUT2D eigenvalue weighted by Crippen LogP contribution is -2.58. The lowest BCUT2D eigenvalue weighted by molar-refractivity contribution is -0.138. The number of nitrogens with one attached hydrogen (secondary N) is 2. The molecule has 2 fully saturated rings. The van der Waals surface area contributed by atoms with Gasteiger partial charge in [-0.1, -0.05) is 0 Å². The van der Waals surface area contributed by atoms with E-state index in [1.165, 1.54) is 0 Å². The molecule has 25 heavy (non-hydrogen) atoms. The average Bonchev–Trinajstić information content (AvgIpc) is 2.57. The number of aliphatic hydroxyl groups excluding tert-OH is 1. The van der Waals surface area contributed by atoms with Crippen molar-refractivity contribution in [2.24, 2.45) is 5.41 Å². The summed E-state index contributed by atoms with van der Waals surface area (Å²) in [6, 6.07) is 0. The molecule has 0 aromatic carbocycles. The van der Waals surface area contributed by atoms with Gasteiger partial charge in [-0.25, -0.2) is 4.79 Å². The maximum absolute atomic E-state index is 12.7. The Labute approximate surface area is 147 Å². The van der Waals surface area contributed by atoms with E-state index in [-0.39, 0.29) is 23.1 Å². The van der Waals surface area contributed by atoms with Gasteiger partial charge < -0.3 is 20.3 Å². The molecule has 0 aliphatic carbocycles. The third-order valence-electron chi connectivity index (χ3n) is 5.78. The van der Waals surface area contributed by atoms with Crippen LogP contribution in [0.4, 0.5) is 0 Å². The zero-order chi connectivity index (χ0) is 18.0. The van der Waals surface area contributed by atoms with Crippen LogP contribution in [0.3, 0.4) is 0 Å². The summed E-state index contributed by atoms with van der Waals surface area (Å²) in [4.78, 5) is 32.6. The van der Waals surface area contributed by atoms with E-state index in [4.69, 9.17) is 0 Å². The highest BCUT2D eigenvalue weighted by Crippen LogP contribution is 2.36. The second-order valence-electron chi connectivity index (χ2n) is 7.49. The smallest absolute Gasteiger partial charge is 0.345 e. The lowest BCUT2D eigenvalue weighted by atomic mass is 9.72. The first-order valence-corrected chi connectivity index (χ1v) is 9.14. The number of carbonyl (C=O) groups is 1. The minimum atomic E-state index is -0.346. The highest BCUT2D eigenvalue weighted by atomic mass is 16.3. The van der Waals surface area contributed by atoms with E-state index in [0.29, 0.717) is 25.1 Å². The Bertz CT molecular complexity index is 672. The predicted molar refractivity (Wildman–Crippen MR) is 94.4 cm³/mol. The minimum absolute atomic E-state index is 0.113. The number of aromatic nitrogens is 2. The van der Waals surface area contributed by atoms with Crippen LogP contribution in [-0.2, 0) is 11.2 Å². The van der Waals surface area contributed by atoms with Crippen LogP contribution in [0, 0.1) is 19.3 Å². The molecule has 1 amide bonds. The SMILES string of the molecule is Cc1nc(=O)[nH]c(C)c1CCC(=O)N1CCC[C@]2(CNCC[C@@H]2O)C1. The van der Waals surface area contributed by atoms with Crippen molar-refractivity contribution in [1.82, 2.24) is 20.2 Å². The number of aliphatic hydroxyl groups is 1. The molecule has 3 heterocycles. The number of aryl methyl sites for hydroxylation is 2. The van der Waals surface area contributed by atoms with Gasteiger partial charge in [0, 0.05) is 42.9 Å². The summed E-state index contributed by atoms with van der Waals surface area (Å²) in [7, 11) is 0. The number of hydrogen-bond donors (Lipinski definition) is 3. The van der Waals surface area contributed by atoms with Crippen molar-refractivity contribution in [3.63, 3.8) is 0 Å². The van der Waals surface area contributed by atoms with Gasteiger partial charge in [0.15, 0.2) is 0 Å². The molecular formula is C18H28N4O3. The number of H-pyrrole nitrogens is 1. The molecule has 2 aliphatic rings. The van der Waals surface area contributed by atoms with Crippen molar-refractivity contribution in [2.75, 3.05) is 26.2 Å². The summed E-state index contributed by atoms with van der Waals surface area (Å²) in [5, 5.41) is 13.8. The number of piperidine rings is 2. The number of likely N-dealkylation sites (tertiary alicyclic amines) is 1. The summed E-state index contributed by atoms with van der Waals surface area (Å²) in [5.41, 5.74) is 1.88. The summed E-state index contributed by atoms with van der Waals surface area (Å²) < 4.78 is 0. The Morgan fingerprint density at radius 1 is 1.44 bits per heavy atom. The number of nitrogens with zero attached hydrogens (tertiary/aromatic N) is 2. The summed E-state index contributed by atoms with van der Waals surface area (Å²) >= 11 is 0. The van der Waals surface area contributed by atoms with Crippen molar-refractivity contribution in [3.8, 4) is 0 Å². The van der Waals surface area contributed by atoms with Crippen LogP contribution in [0.25, 0.3) is 0 Å². The van der Waals surface area contributed by atoms with Gasteiger partial charge in [0.2, 0.25) is 5.91 Å². The molecule has 0 bridgehead atoms. The number of rotatable bonds is 3. The van der Waals surface area contributed by atoms with Crippen LogP contribution in [0.2, 0.25) is 0 Å². The topological polar surface area (TPSA) is 98.3 Å². The van der Waals surface area contributed by atoms with Crippen molar-refractivity contribution in [3.05, 3.63) is 27.4 Å². The fourth-order valence-corrected chi connectivity index (χ4v) is 4.30. The van der Waals surface area contributed by atoms with Crippen LogP contribution in [0.1, 0.15) is 42.6 Å². The molecule has 2 saturated heterocycles. The average molecular weight is 348 g/mol. The molecule has 0 saturated carbocycles. The molecule has 7 nitrogen and oxygen atoms in total. The van der Waals surface area contributed by atoms with E-state index in [2.05, 4.69) is 15.3 Å². The maximum atomic E-state index is 12.7. The van der Waals surface area contributed by atoms with Crippen molar-refractivity contribution < 1.29 is 9.90 Å². The predicted octanol–water partition coefficient (Wildman–Crippen LogP) is 0.282. The molecule has 2 atom stereocenters. The third kappa shape index (κ3) is 3.77. The van der Waals surface area contributed by atoms with Gasteiger partial charge in [-0.15, -0.1) is 0 Å². The fraction of sp³-hybridized carbons (Fsp3) is 0.722. The quantitative estimate of drug-likeness (QED) is 0.729. The lowest BCUT2D eigenvalue weighted by Gasteiger charge is -2.48. The number of amides is 1. The van der Waals surface area contributed by atoms with Crippen LogP contribution >= 0.6 is 0 Å². The monoisotopic (exact) mass is 348 g/mol. The van der Waals surface area contributed by atoms with Gasteiger partial charge in [-0.05, 0) is 51.6 Å². The second kappa shape index (κ2) is 7.25. The largest absolute Gasteiger partial charge is 0.392 e. The van der Waals surface area contributed by atoms with E-state index in [1.807, 2.05) is 18.7 Å². The fourth-order valence-electron chi connectivity index (χ4n) is 4.30. The molecule has 138 valence electrons. The highest BCUT2D eigenvalue weighted by Gasteiger charge is 2.43. The van der Waals surface area contributed by atoms with Crippen LogP contribution in [0.5, 0.6) is 0 Å². The molecule has 0 radical (unpaired) electrons. The van der Waals surface area contributed by atoms with Gasteiger partial charge >= 0.3 is 5.69 Å². The van der Waals surface area contributed by atoms with Crippen molar-refractivity contribution in [2.45, 2.75) is 52.1 Å². The molecule has 1 aromatic heterocycles. The van der Waals surface area contributed by atoms with Crippen LogP contribution < -0.4 is 11.0 Å². The Morgan fingerprint density at radius 2 is 2.24 bits per heavy atom. The Hall–Kier alpha value is -1.73. The van der Waals surface area contributed by atoms with Gasteiger partial charge in [-0.3, -0.25) is 4.79 Å². The van der Waals surface area contributed by atoms with Gasteiger partial charge in [0.25, 0.3) is 0 Å². The highest BCUT2D eigenvalue weighted by molar-refractivity contribution is 5.76. The summed E-state index contributed by atoms with van der Waals surface area (Å²) in [5.74, 6) is 0.113. The van der Waals surface area contributed by atoms with Gasteiger partial charge in [0.1, 0.15) is 0 Å². The standard InChI is InChI=1S/C18H28N4O3/c1-12-14(13(2)21-17(25)20-12)4-5-16(24)22-9-3-7-18(11-22)10-19-8-6-15(18)23/h15,19,23H,3-11H2,1-2H3,(H,20,21,25)/t15-,18-/m0/s1. The summed E-state index contributed by atoms with van der Waals surface area (Å²) in [6.45, 7) is 6.66. The van der Waals surface area contributed by atoms with Crippen molar-refractivity contribution >= 4 is 5.91 Å². The maximum Gasteiger partial charge on any atom is 0.345 e. The first kappa shape index (κ1) is 18.1. The van der Waals surface area contributed by atoms with E-state index in [0.717, 1.165) is 50.2 Å². The van der Waals surface area contributed by atoms with Crippen LogP contribution in [-0.4, -0.2) is 58.2 Å². The number of aromatic amines is 1. The number of hydrogen-bond acceptors (Lipinski definition) is 5. The first-order chi connectivity index (χ1) is 11.9. The van der Waals surface area contributed by atoms with E-state index >= 15 is 0 Å². The molecule has 1 spiro atoms. The third-order valence-corrected chi connectivity index (χ3v) is 5.78. The second-order valence-corrected chi connectivity index (χ2v) is 7.49. The summed E-state index contributed by atoms with van der Waals surface area (Å²) in [6.07, 6.45) is 3.29. The van der Waals surface area contributed by atoms with E-state index in [1.54, 1.807) is 0 Å².